The van der Waals surface area contributed by atoms with E-state index >= 15 is 0 Å². The van der Waals surface area contributed by atoms with Crippen LogP contribution in [0.2, 0.25) is 0 Å². The summed E-state index contributed by atoms with van der Waals surface area (Å²) in [6, 6.07) is 0.341. The fraction of sp³-hybridized carbons (Fsp3) is 0.571. The third kappa shape index (κ3) is 5.40. The zero-order valence-electron chi connectivity index (χ0n) is 7.45. The van der Waals surface area contributed by atoms with Crippen LogP contribution in [-0.4, -0.2) is 32.7 Å². The van der Waals surface area contributed by atoms with Crippen LogP contribution >= 0.6 is 0 Å². The number of methoxy groups -OCH3 is 1. The summed E-state index contributed by atoms with van der Waals surface area (Å²) in [5.41, 5.74) is 2.56. The van der Waals surface area contributed by atoms with Gasteiger partial charge < -0.3 is 4.74 Å². The van der Waals surface area contributed by atoms with Gasteiger partial charge in [0.1, 0.15) is 6.67 Å². The van der Waals surface area contributed by atoms with E-state index in [1.807, 2.05) is 6.92 Å². The maximum Gasteiger partial charge on any atom is 0.312 e. The Kier molecular flexibility index (Phi) is 6.82. The molecule has 0 bridgehead atoms. The largest absolute Gasteiger partial charge is 0.467 e. The molecule has 0 aliphatic rings. The smallest absolute Gasteiger partial charge is 0.312 e. The molecular weight excluding hydrogens is 156 g/mol. The molecule has 0 aromatic rings. The molecule has 68 valence electrons. The molecule has 0 aliphatic carbocycles. The topological polar surface area (TPSA) is 58.3 Å². The van der Waals surface area contributed by atoms with E-state index < -0.39 is 0 Å². The maximum absolute atomic E-state index is 4.85. The minimum absolute atomic E-state index is 0.327. The Morgan fingerprint density at radius 3 is 2.92 bits per heavy atom. The number of rotatable bonds is 4. The van der Waals surface area contributed by atoms with Gasteiger partial charge in [0.05, 0.1) is 7.11 Å². The van der Waals surface area contributed by atoms with Gasteiger partial charge in [-0.15, -0.1) is 0 Å². The van der Waals surface area contributed by atoms with Gasteiger partial charge >= 0.3 is 6.02 Å². The molecule has 0 fully saturated rings. The van der Waals surface area contributed by atoms with Crippen molar-refractivity contribution in [2.24, 2.45) is 15.1 Å². The van der Waals surface area contributed by atoms with Crippen LogP contribution in [0.5, 0.6) is 0 Å². The van der Waals surface area contributed by atoms with Crippen LogP contribution in [0.15, 0.2) is 15.1 Å². The van der Waals surface area contributed by atoms with Crippen molar-refractivity contribution in [2.75, 3.05) is 13.8 Å². The van der Waals surface area contributed by atoms with Gasteiger partial charge in [-0.25, -0.2) is 9.98 Å². The Bertz CT molecular complexity index is 176. The second-order valence-corrected chi connectivity index (χ2v) is 1.84. The molecule has 0 atom stereocenters. The van der Waals surface area contributed by atoms with Gasteiger partial charge in [-0.1, -0.05) is 6.92 Å². The van der Waals surface area contributed by atoms with Crippen LogP contribution in [0.1, 0.15) is 13.3 Å². The molecule has 1 N–H and O–H groups in total. The molecule has 0 saturated heterocycles. The highest BCUT2D eigenvalue weighted by atomic mass is 16.5. The summed E-state index contributed by atoms with van der Waals surface area (Å²) < 4.78 is 4.85. The highest BCUT2D eigenvalue weighted by molar-refractivity contribution is 5.82. The molecule has 0 aliphatic heterocycles. The minimum atomic E-state index is 0.327. The van der Waals surface area contributed by atoms with E-state index in [-0.39, 0.29) is 0 Å². The lowest BCUT2D eigenvalue weighted by molar-refractivity contribution is 0.394. The van der Waals surface area contributed by atoms with E-state index in [0.717, 1.165) is 6.42 Å². The number of hydrogen-bond donors (Lipinski definition) is 1. The van der Waals surface area contributed by atoms with Gasteiger partial charge in [0, 0.05) is 12.9 Å². The number of amidine groups is 1. The Balaban J connectivity index is 3.85. The zero-order chi connectivity index (χ0) is 9.23. The summed E-state index contributed by atoms with van der Waals surface area (Å²) in [5.74, 6) is 0. The van der Waals surface area contributed by atoms with E-state index in [4.69, 9.17) is 4.74 Å². The van der Waals surface area contributed by atoms with Crippen LogP contribution in [-0.2, 0) is 4.74 Å². The first kappa shape index (κ1) is 10.6. The molecule has 12 heavy (non-hydrogen) atoms. The lowest BCUT2D eigenvalue weighted by Gasteiger charge is -1.97. The van der Waals surface area contributed by atoms with Crippen molar-refractivity contribution in [3.63, 3.8) is 0 Å². The van der Waals surface area contributed by atoms with Crippen LogP contribution in [0.4, 0.5) is 0 Å². The van der Waals surface area contributed by atoms with Gasteiger partial charge in [0.15, 0.2) is 0 Å². The van der Waals surface area contributed by atoms with Crippen molar-refractivity contribution in [1.82, 2.24) is 5.43 Å². The molecule has 5 nitrogen and oxygen atoms in total. The van der Waals surface area contributed by atoms with Crippen molar-refractivity contribution in [3.05, 3.63) is 0 Å². The van der Waals surface area contributed by atoms with E-state index in [9.17, 15) is 0 Å². The Hall–Kier alpha value is -1.39. The number of nitrogens with zero attached hydrogens (tertiary/aromatic N) is 3. The molecule has 5 heteroatoms. The molecule has 0 unspecified atom stereocenters. The average Bonchev–Trinajstić information content (AvgIpc) is 2.11. The van der Waals surface area contributed by atoms with E-state index in [0.29, 0.717) is 12.7 Å². The standard InChI is InChI=1S/C7H14N4O/c1-4-5-9-7(12-3)10-6-11-8-2/h5,11H,2,4,6H2,1,3H3. The first-order valence-corrected chi connectivity index (χ1v) is 3.64. The van der Waals surface area contributed by atoms with Crippen molar-refractivity contribution in [2.45, 2.75) is 13.3 Å². The Labute approximate surface area is 72.2 Å². The lowest BCUT2D eigenvalue weighted by Crippen LogP contribution is -2.08. The molecule has 0 amide bonds. The summed E-state index contributed by atoms with van der Waals surface area (Å²) in [4.78, 5) is 7.85. The number of aliphatic imine (C=N–C) groups is 2. The van der Waals surface area contributed by atoms with Crippen LogP contribution in [0.3, 0.4) is 0 Å². The Morgan fingerprint density at radius 1 is 1.67 bits per heavy atom. The highest BCUT2D eigenvalue weighted by Crippen LogP contribution is 1.82. The molecule has 0 aromatic carbocycles. The summed E-state index contributed by atoms with van der Waals surface area (Å²) in [5, 5.41) is 3.41. The SMILES string of the molecule is C=NNCN=C(N=CCC)OC. The first-order valence-electron chi connectivity index (χ1n) is 3.64. The van der Waals surface area contributed by atoms with E-state index in [1.54, 1.807) is 6.21 Å². The predicted octanol–water partition coefficient (Wildman–Crippen LogP) is 0.632. The molecule has 0 radical (unpaired) electrons. The van der Waals surface area contributed by atoms with Crippen molar-refractivity contribution < 1.29 is 4.74 Å². The third-order valence-corrected chi connectivity index (χ3v) is 0.964. The van der Waals surface area contributed by atoms with Crippen molar-refractivity contribution in [3.8, 4) is 0 Å². The minimum Gasteiger partial charge on any atom is -0.467 e. The third-order valence-electron chi connectivity index (χ3n) is 0.964. The molecule has 0 rings (SSSR count). The lowest BCUT2D eigenvalue weighted by atomic mass is 10.5. The van der Waals surface area contributed by atoms with Crippen molar-refractivity contribution >= 4 is 19.0 Å². The van der Waals surface area contributed by atoms with E-state index in [2.05, 4.69) is 27.2 Å². The summed E-state index contributed by atoms with van der Waals surface area (Å²) in [7, 11) is 1.52. The summed E-state index contributed by atoms with van der Waals surface area (Å²) >= 11 is 0. The van der Waals surface area contributed by atoms with Crippen molar-refractivity contribution in [1.29, 1.82) is 0 Å². The second kappa shape index (κ2) is 7.71. The van der Waals surface area contributed by atoms with Gasteiger partial charge in [-0.2, -0.15) is 5.10 Å². The maximum atomic E-state index is 4.85. The van der Waals surface area contributed by atoms with Crippen LogP contribution in [0.25, 0.3) is 0 Å². The fourth-order valence-electron chi connectivity index (χ4n) is 0.480. The van der Waals surface area contributed by atoms with Crippen LogP contribution < -0.4 is 5.43 Å². The normalized spacial score (nSPS) is 11.7. The summed E-state index contributed by atoms with van der Waals surface area (Å²) in [6.45, 7) is 5.55. The van der Waals surface area contributed by atoms with Gasteiger partial charge in [0.2, 0.25) is 0 Å². The number of nitrogens with one attached hydrogen (secondary N) is 1. The molecule has 0 saturated carbocycles. The zero-order valence-corrected chi connectivity index (χ0v) is 7.45. The fourth-order valence-corrected chi connectivity index (χ4v) is 0.480. The second-order valence-electron chi connectivity index (χ2n) is 1.84. The van der Waals surface area contributed by atoms with Gasteiger partial charge in [0.25, 0.3) is 0 Å². The molecule has 0 spiro atoms. The van der Waals surface area contributed by atoms with Gasteiger partial charge in [-0.05, 0) is 6.42 Å². The number of ether oxygens (including phenoxy) is 1. The van der Waals surface area contributed by atoms with Gasteiger partial charge in [-0.3, -0.25) is 5.43 Å². The first-order chi connectivity index (χ1) is 5.85. The average molecular weight is 170 g/mol. The number of hydrogen-bond acceptors (Lipinski definition) is 4. The molecule has 0 aromatic heterocycles. The molecule has 0 heterocycles. The van der Waals surface area contributed by atoms with Crippen LogP contribution in [0, 0.1) is 0 Å². The number of hydrazone groups is 1. The molecular formula is C7H14N4O. The monoisotopic (exact) mass is 170 g/mol. The van der Waals surface area contributed by atoms with E-state index in [1.165, 1.54) is 7.11 Å². The quantitative estimate of drug-likeness (QED) is 0.291. The highest BCUT2D eigenvalue weighted by Gasteiger charge is 1.89. The predicted molar refractivity (Wildman–Crippen MR) is 50.8 cm³/mol. The summed E-state index contributed by atoms with van der Waals surface area (Å²) in [6.07, 6.45) is 2.58. The Morgan fingerprint density at radius 2 is 2.42 bits per heavy atom.